The number of nitrogens with one attached hydrogen (secondary N) is 2. The van der Waals surface area contributed by atoms with E-state index in [2.05, 4.69) is 21.9 Å². The third kappa shape index (κ3) is 4.45. The van der Waals surface area contributed by atoms with Crippen LogP contribution in [0.15, 0.2) is 27.8 Å². The molecule has 3 rings (SSSR count). The summed E-state index contributed by atoms with van der Waals surface area (Å²) in [7, 11) is 3.75. The van der Waals surface area contributed by atoms with E-state index in [9.17, 15) is 14.4 Å². The number of ether oxygens (including phenoxy) is 1. The molecule has 1 aliphatic rings. The van der Waals surface area contributed by atoms with Gasteiger partial charge < -0.3 is 24.5 Å². The van der Waals surface area contributed by atoms with Crippen LogP contribution in [0.25, 0.3) is 11.0 Å². The normalized spacial score (nSPS) is 15.9. The fourth-order valence-electron chi connectivity index (χ4n) is 3.55. The molecule has 1 aliphatic heterocycles. The van der Waals surface area contributed by atoms with E-state index in [-0.39, 0.29) is 11.9 Å². The van der Waals surface area contributed by atoms with Gasteiger partial charge in [0.1, 0.15) is 0 Å². The fraction of sp³-hybridized carbons (Fsp3) is 0.526. The zero-order valence-corrected chi connectivity index (χ0v) is 15.8. The van der Waals surface area contributed by atoms with E-state index in [4.69, 9.17) is 4.74 Å². The second-order valence-electron chi connectivity index (χ2n) is 7.05. The van der Waals surface area contributed by atoms with Crippen molar-refractivity contribution in [2.24, 2.45) is 0 Å². The molecule has 1 aromatic carbocycles. The number of aromatic nitrogens is 2. The number of aromatic amines is 2. The third-order valence-electron chi connectivity index (χ3n) is 5.11. The molecular weight excluding hydrogens is 348 g/mol. The fourth-order valence-corrected chi connectivity index (χ4v) is 3.55. The number of carbonyl (C=O) groups is 1. The predicted molar refractivity (Wildman–Crippen MR) is 103 cm³/mol. The number of benzene rings is 1. The van der Waals surface area contributed by atoms with Crippen molar-refractivity contribution in [1.82, 2.24) is 19.8 Å². The molecule has 0 atom stereocenters. The molecule has 1 amide bonds. The average Bonchev–Trinajstić information content (AvgIpc) is 2.66. The molecule has 0 aliphatic carbocycles. The van der Waals surface area contributed by atoms with Crippen molar-refractivity contribution in [3.8, 4) is 0 Å². The predicted octanol–water partition coefficient (Wildman–Crippen LogP) is 0.789. The van der Waals surface area contributed by atoms with Crippen molar-refractivity contribution >= 4 is 16.9 Å². The molecule has 0 radical (unpaired) electrons. The van der Waals surface area contributed by atoms with Crippen molar-refractivity contribution in [3.05, 3.63) is 44.5 Å². The van der Waals surface area contributed by atoms with E-state index < -0.39 is 11.1 Å². The smallest absolute Gasteiger partial charge is 0.314 e. The first-order chi connectivity index (χ1) is 13.0. The lowest BCUT2D eigenvalue weighted by Crippen LogP contribution is -2.47. The highest BCUT2D eigenvalue weighted by atomic mass is 16.5. The maximum absolute atomic E-state index is 13.2. The summed E-state index contributed by atoms with van der Waals surface area (Å²) in [4.78, 5) is 45.5. The summed E-state index contributed by atoms with van der Waals surface area (Å²) in [5, 5.41) is 0. The second-order valence-corrected chi connectivity index (χ2v) is 7.05. The van der Waals surface area contributed by atoms with Crippen LogP contribution in [-0.4, -0.2) is 72.1 Å². The van der Waals surface area contributed by atoms with E-state index >= 15 is 0 Å². The summed E-state index contributed by atoms with van der Waals surface area (Å²) >= 11 is 0. The van der Waals surface area contributed by atoms with Gasteiger partial charge in [-0.2, -0.15) is 0 Å². The summed E-state index contributed by atoms with van der Waals surface area (Å²) < 4.78 is 5.14. The number of fused-ring (bicyclic) bond motifs is 1. The van der Waals surface area contributed by atoms with Crippen LogP contribution in [0.2, 0.25) is 0 Å². The molecule has 2 aromatic rings. The van der Waals surface area contributed by atoms with Gasteiger partial charge in [0.25, 0.3) is 5.91 Å². The lowest BCUT2D eigenvalue weighted by molar-refractivity contribution is 0.0564. The molecule has 2 heterocycles. The largest absolute Gasteiger partial charge is 0.385 e. The van der Waals surface area contributed by atoms with Gasteiger partial charge in [-0.1, -0.05) is 0 Å². The van der Waals surface area contributed by atoms with Crippen LogP contribution in [0.4, 0.5) is 0 Å². The van der Waals surface area contributed by atoms with E-state index in [0.29, 0.717) is 29.7 Å². The molecule has 1 saturated heterocycles. The molecule has 0 saturated carbocycles. The van der Waals surface area contributed by atoms with Crippen LogP contribution < -0.4 is 11.1 Å². The topological polar surface area (TPSA) is 98.5 Å². The highest BCUT2D eigenvalue weighted by molar-refractivity contribution is 5.97. The minimum Gasteiger partial charge on any atom is -0.385 e. The Balaban J connectivity index is 1.87. The highest BCUT2D eigenvalue weighted by Gasteiger charge is 2.27. The van der Waals surface area contributed by atoms with Crippen molar-refractivity contribution in [2.45, 2.75) is 25.3 Å². The first kappa shape index (κ1) is 19.3. The maximum atomic E-state index is 13.2. The quantitative estimate of drug-likeness (QED) is 0.575. The number of amides is 1. The summed E-state index contributed by atoms with van der Waals surface area (Å²) in [6.07, 6.45) is 2.65. The summed E-state index contributed by atoms with van der Waals surface area (Å²) in [6, 6.07) is 5.17. The molecule has 1 fully saturated rings. The van der Waals surface area contributed by atoms with E-state index in [0.717, 1.165) is 32.4 Å². The Bertz CT molecular complexity index is 912. The number of rotatable bonds is 6. The number of methoxy groups -OCH3 is 1. The number of likely N-dealkylation sites (tertiary alicyclic amines) is 1. The van der Waals surface area contributed by atoms with E-state index in [1.807, 2.05) is 4.90 Å². The molecule has 2 N–H and O–H groups in total. The van der Waals surface area contributed by atoms with Gasteiger partial charge in [-0.15, -0.1) is 0 Å². The minimum atomic E-state index is -0.723. The van der Waals surface area contributed by atoms with Gasteiger partial charge in [-0.25, -0.2) is 0 Å². The first-order valence-electron chi connectivity index (χ1n) is 9.24. The summed E-state index contributed by atoms with van der Waals surface area (Å²) in [5.74, 6) is -0.0606. The van der Waals surface area contributed by atoms with E-state index in [1.54, 1.807) is 25.3 Å². The standard InChI is InChI=1S/C19H26N4O4/c1-22-9-6-14(7-10-22)23(8-3-11-27-2)19(26)13-4-5-15-16(12-13)21-18(25)17(24)20-15/h4-5,12,14H,3,6-11H2,1-2H3,(H,20,24)(H,21,25). The van der Waals surface area contributed by atoms with Crippen LogP contribution in [0.5, 0.6) is 0 Å². The molecule has 146 valence electrons. The Hall–Kier alpha value is -2.45. The molecule has 0 spiro atoms. The number of hydrogen-bond donors (Lipinski definition) is 2. The van der Waals surface area contributed by atoms with Crippen molar-refractivity contribution in [2.75, 3.05) is 40.4 Å². The summed E-state index contributed by atoms with van der Waals surface area (Å²) in [6.45, 7) is 3.15. The number of hydrogen-bond acceptors (Lipinski definition) is 5. The molecule has 1 aromatic heterocycles. The summed E-state index contributed by atoms with van der Waals surface area (Å²) in [5.41, 5.74) is 0.0297. The van der Waals surface area contributed by atoms with Gasteiger partial charge >= 0.3 is 11.1 Å². The maximum Gasteiger partial charge on any atom is 0.314 e. The molecule has 8 heteroatoms. The van der Waals surface area contributed by atoms with Gasteiger partial charge in [0.15, 0.2) is 0 Å². The van der Waals surface area contributed by atoms with Crippen LogP contribution in [-0.2, 0) is 4.74 Å². The van der Waals surface area contributed by atoms with Crippen molar-refractivity contribution in [1.29, 1.82) is 0 Å². The number of carbonyl (C=O) groups excluding carboxylic acids is 1. The Labute approximate surface area is 157 Å². The Morgan fingerprint density at radius 3 is 2.52 bits per heavy atom. The molecular formula is C19H26N4O4. The van der Waals surface area contributed by atoms with Crippen molar-refractivity contribution < 1.29 is 9.53 Å². The zero-order chi connectivity index (χ0) is 19.4. The average molecular weight is 374 g/mol. The monoisotopic (exact) mass is 374 g/mol. The first-order valence-corrected chi connectivity index (χ1v) is 9.24. The highest BCUT2D eigenvalue weighted by Crippen LogP contribution is 2.20. The number of piperidine rings is 1. The van der Waals surface area contributed by atoms with Gasteiger partial charge in [-0.3, -0.25) is 14.4 Å². The lowest BCUT2D eigenvalue weighted by Gasteiger charge is -2.37. The van der Waals surface area contributed by atoms with E-state index in [1.165, 1.54) is 0 Å². The second kappa shape index (κ2) is 8.49. The molecule has 0 bridgehead atoms. The van der Waals surface area contributed by atoms with Gasteiger partial charge in [0.2, 0.25) is 0 Å². The molecule has 27 heavy (non-hydrogen) atoms. The third-order valence-corrected chi connectivity index (χ3v) is 5.11. The van der Waals surface area contributed by atoms with Crippen LogP contribution in [0.1, 0.15) is 29.6 Å². The Kier molecular flexibility index (Phi) is 6.08. The van der Waals surface area contributed by atoms with Gasteiger partial charge in [0.05, 0.1) is 11.0 Å². The van der Waals surface area contributed by atoms with Crippen molar-refractivity contribution in [3.63, 3.8) is 0 Å². The molecule has 0 unspecified atom stereocenters. The minimum absolute atomic E-state index is 0.0606. The number of nitrogens with zero attached hydrogens (tertiary/aromatic N) is 2. The van der Waals surface area contributed by atoms with Crippen LogP contribution in [0.3, 0.4) is 0 Å². The van der Waals surface area contributed by atoms with Crippen LogP contribution in [0, 0.1) is 0 Å². The van der Waals surface area contributed by atoms with Gasteiger partial charge in [0, 0.05) is 31.9 Å². The number of H-pyrrole nitrogens is 2. The zero-order valence-electron chi connectivity index (χ0n) is 15.8. The van der Waals surface area contributed by atoms with Gasteiger partial charge in [-0.05, 0) is 57.6 Å². The Morgan fingerprint density at radius 1 is 1.19 bits per heavy atom. The molecule has 8 nitrogen and oxygen atoms in total. The Morgan fingerprint density at radius 2 is 1.85 bits per heavy atom. The van der Waals surface area contributed by atoms with Crippen LogP contribution >= 0.6 is 0 Å². The SMILES string of the molecule is COCCCN(C(=O)c1ccc2[nH]c(=O)c(=O)[nH]c2c1)C1CCN(C)CC1. The lowest BCUT2D eigenvalue weighted by atomic mass is 10.0.